The second-order valence-corrected chi connectivity index (χ2v) is 6.74. The van der Waals surface area contributed by atoms with E-state index in [2.05, 4.69) is 25.7 Å². The standard InChI is InChI=1S/C19H21FN6O/c20-15-8-6-14(7-9-15)17(25-10-2-1-3-11-25)13-21-19(27)16-5-4-12-26-18(16)22-23-24-26/h4-9,12,17H,1-3,10-11,13H2,(H,21,27)/t17-/m0/s1. The quantitative estimate of drug-likeness (QED) is 0.747. The third-order valence-electron chi connectivity index (χ3n) is 5.01. The van der Waals surface area contributed by atoms with Gasteiger partial charge in [0.2, 0.25) is 0 Å². The number of pyridine rings is 1. The lowest BCUT2D eigenvalue weighted by atomic mass is 10.0. The number of carbonyl (C=O) groups is 1. The summed E-state index contributed by atoms with van der Waals surface area (Å²) in [7, 11) is 0. The van der Waals surface area contributed by atoms with E-state index in [1.54, 1.807) is 30.5 Å². The molecule has 1 aromatic carbocycles. The molecule has 8 heteroatoms. The first-order chi connectivity index (χ1) is 13.2. The Morgan fingerprint density at radius 2 is 1.93 bits per heavy atom. The molecule has 27 heavy (non-hydrogen) atoms. The molecule has 0 saturated carbocycles. The van der Waals surface area contributed by atoms with Gasteiger partial charge in [0.05, 0.1) is 11.6 Å². The van der Waals surface area contributed by atoms with Crippen LogP contribution in [0.15, 0.2) is 42.6 Å². The normalized spacial score (nSPS) is 16.3. The highest BCUT2D eigenvalue weighted by Crippen LogP contribution is 2.24. The van der Waals surface area contributed by atoms with Crippen molar-refractivity contribution in [1.29, 1.82) is 0 Å². The van der Waals surface area contributed by atoms with Crippen molar-refractivity contribution in [2.24, 2.45) is 0 Å². The lowest BCUT2D eigenvalue weighted by Crippen LogP contribution is -2.40. The fraction of sp³-hybridized carbons (Fsp3) is 0.368. The predicted molar refractivity (Wildman–Crippen MR) is 97.7 cm³/mol. The molecule has 3 heterocycles. The van der Waals surface area contributed by atoms with Crippen molar-refractivity contribution in [3.8, 4) is 0 Å². The van der Waals surface area contributed by atoms with Crippen LogP contribution >= 0.6 is 0 Å². The Bertz CT molecular complexity index is 919. The smallest absolute Gasteiger partial charge is 0.255 e. The largest absolute Gasteiger partial charge is 0.350 e. The van der Waals surface area contributed by atoms with Gasteiger partial charge in [0.1, 0.15) is 5.82 Å². The van der Waals surface area contributed by atoms with Gasteiger partial charge in [0.25, 0.3) is 5.91 Å². The molecule has 2 aromatic heterocycles. The lowest BCUT2D eigenvalue weighted by Gasteiger charge is -2.35. The minimum absolute atomic E-state index is 0.00516. The van der Waals surface area contributed by atoms with Crippen molar-refractivity contribution in [1.82, 2.24) is 30.3 Å². The van der Waals surface area contributed by atoms with Crippen LogP contribution in [-0.4, -0.2) is 50.5 Å². The summed E-state index contributed by atoms with van der Waals surface area (Å²) in [5.41, 5.74) is 1.85. The number of nitrogens with zero attached hydrogens (tertiary/aromatic N) is 5. The topological polar surface area (TPSA) is 75.4 Å². The van der Waals surface area contributed by atoms with Crippen LogP contribution in [0.2, 0.25) is 0 Å². The number of amides is 1. The molecular formula is C19H21FN6O. The Labute approximate surface area is 156 Å². The fourth-order valence-corrected chi connectivity index (χ4v) is 3.60. The number of piperidine rings is 1. The van der Waals surface area contributed by atoms with Crippen molar-refractivity contribution in [2.75, 3.05) is 19.6 Å². The van der Waals surface area contributed by atoms with Crippen LogP contribution in [0.4, 0.5) is 4.39 Å². The fourth-order valence-electron chi connectivity index (χ4n) is 3.60. The molecule has 1 aliphatic rings. The van der Waals surface area contributed by atoms with Crippen LogP contribution in [-0.2, 0) is 0 Å². The minimum Gasteiger partial charge on any atom is -0.350 e. The minimum atomic E-state index is -0.258. The molecule has 0 unspecified atom stereocenters. The van der Waals surface area contributed by atoms with Crippen LogP contribution in [0, 0.1) is 5.82 Å². The van der Waals surface area contributed by atoms with Crippen molar-refractivity contribution < 1.29 is 9.18 Å². The van der Waals surface area contributed by atoms with E-state index in [-0.39, 0.29) is 17.8 Å². The van der Waals surface area contributed by atoms with Gasteiger partial charge in [0.15, 0.2) is 5.65 Å². The molecule has 0 spiro atoms. The third kappa shape index (κ3) is 3.80. The first-order valence-electron chi connectivity index (χ1n) is 9.17. The molecular weight excluding hydrogens is 347 g/mol. The first kappa shape index (κ1) is 17.5. The maximum atomic E-state index is 13.3. The van der Waals surface area contributed by atoms with E-state index in [4.69, 9.17) is 0 Å². The van der Waals surface area contributed by atoms with Crippen LogP contribution in [0.3, 0.4) is 0 Å². The van der Waals surface area contributed by atoms with Crippen molar-refractivity contribution in [3.63, 3.8) is 0 Å². The van der Waals surface area contributed by atoms with Crippen LogP contribution in [0.1, 0.15) is 41.2 Å². The van der Waals surface area contributed by atoms with Gasteiger partial charge in [-0.3, -0.25) is 9.69 Å². The van der Waals surface area contributed by atoms with E-state index in [0.29, 0.717) is 17.8 Å². The number of fused-ring (bicyclic) bond motifs is 1. The lowest BCUT2D eigenvalue weighted by molar-refractivity contribution is 0.0925. The molecule has 0 radical (unpaired) electrons. The zero-order chi connectivity index (χ0) is 18.6. The van der Waals surface area contributed by atoms with Crippen molar-refractivity contribution in [2.45, 2.75) is 25.3 Å². The molecule has 7 nitrogen and oxygen atoms in total. The van der Waals surface area contributed by atoms with Crippen molar-refractivity contribution in [3.05, 3.63) is 59.5 Å². The SMILES string of the molecule is O=C(NC[C@@H](c1ccc(F)cc1)N1CCCCC1)c1cccn2nnnc12. The second kappa shape index (κ2) is 7.79. The number of hydrogen-bond acceptors (Lipinski definition) is 5. The first-order valence-corrected chi connectivity index (χ1v) is 9.17. The summed E-state index contributed by atoms with van der Waals surface area (Å²) in [5.74, 6) is -0.481. The highest BCUT2D eigenvalue weighted by atomic mass is 19.1. The number of halogens is 1. The summed E-state index contributed by atoms with van der Waals surface area (Å²) in [5, 5.41) is 14.3. The number of aromatic nitrogens is 4. The summed E-state index contributed by atoms with van der Waals surface area (Å²) in [6, 6.07) is 9.97. The molecule has 1 N–H and O–H groups in total. The Hall–Kier alpha value is -2.87. The van der Waals surface area contributed by atoms with Gasteiger partial charge in [0, 0.05) is 12.7 Å². The highest BCUT2D eigenvalue weighted by Gasteiger charge is 2.23. The molecule has 140 valence electrons. The van der Waals surface area contributed by atoms with Crippen LogP contribution in [0.5, 0.6) is 0 Å². The van der Waals surface area contributed by atoms with Gasteiger partial charge < -0.3 is 5.32 Å². The number of tetrazole rings is 1. The monoisotopic (exact) mass is 368 g/mol. The summed E-state index contributed by atoms with van der Waals surface area (Å²) < 4.78 is 14.8. The Balaban J connectivity index is 1.53. The van der Waals surface area contributed by atoms with E-state index in [1.807, 2.05) is 0 Å². The van der Waals surface area contributed by atoms with E-state index in [0.717, 1.165) is 31.5 Å². The number of hydrogen-bond donors (Lipinski definition) is 1. The summed E-state index contributed by atoms with van der Waals surface area (Å²) in [6.45, 7) is 2.39. The predicted octanol–water partition coefficient (Wildman–Crippen LogP) is 2.22. The van der Waals surface area contributed by atoms with E-state index < -0.39 is 0 Å². The van der Waals surface area contributed by atoms with E-state index in [1.165, 1.54) is 23.1 Å². The van der Waals surface area contributed by atoms with Gasteiger partial charge in [-0.15, -0.1) is 5.10 Å². The molecule has 1 saturated heterocycles. The van der Waals surface area contributed by atoms with Gasteiger partial charge in [-0.25, -0.2) is 4.39 Å². The van der Waals surface area contributed by atoms with Gasteiger partial charge >= 0.3 is 0 Å². The van der Waals surface area contributed by atoms with Crippen LogP contribution < -0.4 is 5.32 Å². The molecule has 1 fully saturated rings. The average Bonchev–Trinajstić information content (AvgIpc) is 3.19. The zero-order valence-corrected chi connectivity index (χ0v) is 14.9. The Morgan fingerprint density at radius 1 is 1.15 bits per heavy atom. The Morgan fingerprint density at radius 3 is 2.70 bits per heavy atom. The summed E-state index contributed by atoms with van der Waals surface area (Å²) >= 11 is 0. The molecule has 1 aliphatic heterocycles. The number of benzene rings is 1. The number of nitrogens with one attached hydrogen (secondary N) is 1. The van der Waals surface area contributed by atoms with Gasteiger partial charge in [-0.1, -0.05) is 18.6 Å². The number of carbonyl (C=O) groups excluding carboxylic acids is 1. The molecule has 1 atom stereocenters. The van der Waals surface area contributed by atoms with E-state index >= 15 is 0 Å². The van der Waals surface area contributed by atoms with Gasteiger partial charge in [-0.05, 0) is 66.2 Å². The Kier molecular flexibility index (Phi) is 5.06. The summed E-state index contributed by atoms with van der Waals surface area (Å²) in [4.78, 5) is 15.1. The average molecular weight is 368 g/mol. The molecule has 3 aromatic rings. The summed E-state index contributed by atoms with van der Waals surface area (Å²) in [6.07, 6.45) is 5.19. The van der Waals surface area contributed by atoms with Crippen molar-refractivity contribution >= 4 is 11.6 Å². The molecule has 0 aliphatic carbocycles. The molecule has 0 bridgehead atoms. The maximum absolute atomic E-state index is 13.3. The maximum Gasteiger partial charge on any atom is 0.255 e. The number of rotatable bonds is 5. The molecule has 4 rings (SSSR count). The van der Waals surface area contributed by atoms with Gasteiger partial charge in [-0.2, -0.15) is 4.52 Å². The van der Waals surface area contributed by atoms with Crippen LogP contribution in [0.25, 0.3) is 5.65 Å². The zero-order valence-electron chi connectivity index (χ0n) is 14.9. The third-order valence-corrected chi connectivity index (χ3v) is 5.01. The second-order valence-electron chi connectivity index (χ2n) is 6.74. The highest BCUT2D eigenvalue weighted by molar-refractivity contribution is 5.99. The molecule has 1 amide bonds. The van der Waals surface area contributed by atoms with E-state index in [9.17, 15) is 9.18 Å². The number of likely N-dealkylation sites (tertiary alicyclic amines) is 1.